The van der Waals surface area contributed by atoms with Crippen LogP contribution in [0.3, 0.4) is 0 Å². The minimum atomic E-state index is -0.331. The molecule has 1 heterocycles. The number of amides is 1. The van der Waals surface area contributed by atoms with E-state index >= 15 is 0 Å². The molecule has 7 heteroatoms. The number of alkyl halides is 2. The third kappa shape index (κ3) is 3.98. The van der Waals surface area contributed by atoms with Crippen LogP contribution in [0.5, 0.6) is 0 Å². The summed E-state index contributed by atoms with van der Waals surface area (Å²) in [6, 6.07) is 14.2. The smallest absolute Gasteiger partial charge is 0.257 e. The summed E-state index contributed by atoms with van der Waals surface area (Å²) in [5.41, 5.74) is 2.68. The first-order chi connectivity index (χ1) is 12.1. The molecule has 4 nitrogen and oxygen atoms in total. The third-order valence-corrected chi connectivity index (χ3v) is 4.46. The number of hydrogen-bond donors (Lipinski definition) is 1. The van der Waals surface area contributed by atoms with E-state index in [2.05, 4.69) is 10.5 Å². The molecule has 0 saturated heterocycles. The maximum atomic E-state index is 12.6. The van der Waals surface area contributed by atoms with Crippen molar-refractivity contribution in [3.05, 3.63) is 70.2 Å². The van der Waals surface area contributed by atoms with E-state index in [0.717, 1.165) is 5.56 Å². The summed E-state index contributed by atoms with van der Waals surface area (Å²) in [5, 5.41) is 7.24. The zero-order chi connectivity index (χ0) is 17.8. The van der Waals surface area contributed by atoms with Gasteiger partial charge in [0.25, 0.3) is 5.91 Å². The Kier molecular flexibility index (Phi) is 5.63. The van der Waals surface area contributed by atoms with Gasteiger partial charge in [0.05, 0.1) is 0 Å². The van der Waals surface area contributed by atoms with Crippen molar-refractivity contribution in [3.8, 4) is 11.3 Å². The van der Waals surface area contributed by atoms with E-state index in [0.29, 0.717) is 33.3 Å². The second-order valence-electron chi connectivity index (χ2n) is 5.26. The van der Waals surface area contributed by atoms with Crippen molar-refractivity contribution in [3.63, 3.8) is 0 Å². The molecule has 2 aromatic carbocycles. The number of carbonyl (C=O) groups is 1. The summed E-state index contributed by atoms with van der Waals surface area (Å²) in [7, 11) is 0. The molecule has 3 rings (SSSR count). The lowest BCUT2D eigenvalue weighted by molar-refractivity contribution is 0.102. The fourth-order valence-corrected chi connectivity index (χ4v) is 3.00. The SMILES string of the molecule is O=C(Nc1cc(-c2ccc(Cl)cc2)on1)c1c(CCl)cccc1CCl. The molecule has 0 aliphatic carbocycles. The summed E-state index contributed by atoms with van der Waals surface area (Å²) in [5.74, 6) is 0.919. The van der Waals surface area contributed by atoms with Crippen LogP contribution < -0.4 is 5.32 Å². The van der Waals surface area contributed by atoms with Crippen LogP contribution in [0.25, 0.3) is 11.3 Å². The molecule has 0 aliphatic rings. The van der Waals surface area contributed by atoms with Crippen LogP contribution in [0.15, 0.2) is 53.1 Å². The average Bonchev–Trinajstić information content (AvgIpc) is 3.09. The molecule has 0 fully saturated rings. The highest BCUT2D eigenvalue weighted by Gasteiger charge is 2.17. The first kappa shape index (κ1) is 17.8. The molecular weight excluding hydrogens is 383 g/mol. The van der Waals surface area contributed by atoms with E-state index in [-0.39, 0.29) is 17.7 Å². The Labute approximate surface area is 159 Å². The molecule has 3 aromatic rings. The van der Waals surface area contributed by atoms with Crippen LogP contribution in [-0.2, 0) is 11.8 Å². The van der Waals surface area contributed by atoms with Gasteiger partial charge in [0.2, 0.25) is 0 Å². The van der Waals surface area contributed by atoms with E-state index in [1.807, 2.05) is 18.2 Å². The lowest BCUT2D eigenvalue weighted by Gasteiger charge is -2.10. The zero-order valence-electron chi connectivity index (χ0n) is 12.9. The number of aromatic nitrogens is 1. The predicted octanol–water partition coefficient (Wildman–Crippen LogP) is 5.72. The molecule has 25 heavy (non-hydrogen) atoms. The molecule has 0 saturated carbocycles. The molecule has 1 amide bonds. The van der Waals surface area contributed by atoms with Crippen LogP contribution in [0.4, 0.5) is 5.82 Å². The molecule has 1 N–H and O–H groups in total. The molecule has 0 aliphatic heterocycles. The summed E-state index contributed by atoms with van der Waals surface area (Å²) in [6.45, 7) is 0. The lowest BCUT2D eigenvalue weighted by Crippen LogP contribution is -2.16. The number of carbonyl (C=O) groups excluding carboxylic acids is 1. The van der Waals surface area contributed by atoms with Crippen molar-refractivity contribution in [1.82, 2.24) is 5.16 Å². The maximum absolute atomic E-state index is 12.6. The average molecular weight is 396 g/mol. The van der Waals surface area contributed by atoms with Crippen molar-refractivity contribution in [1.29, 1.82) is 0 Å². The standard InChI is InChI=1S/C18H13Cl3N2O2/c19-9-12-2-1-3-13(10-20)17(12)18(24)22-16-8-15(25-23-16)11-4-6-14(21)7-5-11/h1-8H,9-10H2,(H,22,23,24). The van der Waals surface area contributed by atoms with Crippen LogP contribution in [-0.4, -0.2) is 11.1 Å². The van der Waals surface area contributed by atoms with Crippen LogP contribution in [0.1, 0.15) is 21.5 Å². The number of halogens is 3. The van der Waals surface area contributed by atoms with Gasteiger partial charge < -0.3 is 9.84 Å². The first-order valence-electron chi connectivity index (χ1n) is 7.39. The van der Waals surface area contributed by atoms with E-state index < -0.39 is 0 Å². The molecule has 0 spiro atoms. The molecular formula is C18H13Cl3N2O2. The van der Waals surface area contributed by atoms with Gasteiger partial charge in [-0.25, -0.2) is 0 Å². The Bertz CT molecular complexity index is 869. The number of rotatable bonds is 5. The molecule has 128 valence electrons. The predicted molar refractivity (Wildman–Crippen MR) is 100 cm³/mol. The minimum Gasteiger partial charge on any atom is -0.354 e. The van der Waals surface area contributed by atoms with E-state index in [1.165, 1.54) is 0 Å². The van der Waals surface area contributed by atoms with Crippen LogP contribution >= 0.6 is 34.8 Å². The van der Waals surface area contributed by atoms with Crippen molar-refractivity contribution >= 4 is 46.5 Å². The normalized spacial score (nSPS) is 10.7. The molecule has 1 aromatic heterocycles. The summed E-state index contributed by atoms with van der Waals surface area (Å²) >= 11 is 17.7. The summed E-state index contributed by atoms with van der Waals surface area (Å²) < 4.78 is 5.28. The van der Waals surface area contributed by atoms with Gasteiger partial charge in [-0.15, -0.1) is 23.2 Å². The Morgan fingerprint density at radius 1 is 1.04 bits per heavy atom. The van der Waals surface area contributed by atoms with Crippen molar-refractivity contribution in [2.45, 2.75) is 11.8 Å². The highest BCUT2D eigenvalue weighted by atomic mass is 35.5. The van der Waals surface area contributed by atoms with Gasteiger partial charge in [-0.1, -0.05) is 35.0 Å². The monoisotopic (exact) mass is 394 g/mol. The van der Waals surface area contributed by atoms with Gasteiger partial charge in [-0.05, 0) is 35.4 Å². The van der Waals surface area contributed by atoms with Gasteiger partial charge in [-0.2, -0.15) is 0 Å². The largest absolute Gasteiger partial charge is 0.354 e. The number of nitrogens with zero attached hydrogens (tertiary/aromatic N) is 1. The first-order valence-corrected chi connectivity index (χ1v) is 8.83. The minimum absolute atomic E-state index is 0.211. The van der Waals surface area contributed by atoms with Crippen LogP contribution in [0.2, 0.25) is 5.02 Å². The lowest BCUT2D eigenvalue weighted by atomic mass is 10.0. The fraction of sp³-hybridized carbons (Fsp3) is 0.111. The molecule has 0 radical (unpaired) electrons. The van der Waals surface area contributed by atoms with Crippen molar-refractivity contribution in [2.24, 2.45) is 0 Å². The van der Waals surface area contributed by atoms with E-state index in [1.54, 1.807) is 30.3 Å². The Morgan fingerprint density at radius 2 is 1.68 bits per heavy atom. The van der Waals surface area contributed by atoms with Gasteiger partial charge in [-0.3, -0.25) is 4.79 Å². The van der Waals surface area contributed by atoms with Gasteiger partial charge in [0.1, 0.15) is 0 Å². The van der Waals surface area contributed by atoms with Gasteiger partial charge in [0, 0.05) is 34.0 Å². The Hall–Kier alpha value is -2.01. The second-order valence-corrected chi connectivity index (χ2v) is 6.23. The van der Waals surface area contributed by atoms with Crippen molar-refractivity contribution < 1.29 is 9.32 Å². The zero-order valence-corrected chi connectivity index (χ0v) is 15.2. The summed E-state index contributed by atoms with van der Waals surface area (Å²) in [4.78, 5) is 12.6. The number of anilines is 1. The van der Waals surface area contributed by atoms with Crippen LogP contribution in [0, 0.1) is 0 Å². The Morgan fingerprint density at radius 3 is 2.28 bits per heavy atom. The Balaban J connectivity index is 1.84. The second kappa shape index (κ2) is 7.91. The third-order valence-electron chi connectivity index (χ3n) is 3.63. The van der Waals surface area contributed by atoms with Gasteiger partial charge >= 0.3 is 0 Å². The maximum Gasteiger partial charge on any atom is 0.257 e. The molecule has 0 unspecified atom stereocenters. The summed E-state index contributed by atoms with van der Waals surface area (Å²) in [6.07, 6.45) is 0. The fourth-order valence-electron chi connectivity index (χ4n) is 2.43. The molecule has 0 atom stereocenters. The number of hydrogen-bond acceptors (Lipinski definition) is 3. The molecule has 0 bridgehead atoms. The number of nitrogens with one attached hydrogen (secondary N) is 1. The van der Waals surface area contributed by atoms with Crippen molar-refractivity contribution in [2.75, 3.05) is 5.32 Å². The highest BCUT2D eigenvalue weighted by Crippen LogP contribution is 2.25. The van der Waals surface area contributed by atoms with E-state index in [9.17, 15) is 4.79 Å². The topological polar surface area (TPSA) is 55.1 Å². The number of benzene rings is 2. The van der Waals surface area contributed by atoms with Gasteiger partial charge in [0.15, 0.2) is 11.6 Å². The highest BCUT2D eigenvalue weighted by molar-refractivity contribution is 6.30. The quantitative estimate of drug-likeness (QED) is 0.562. The van der Waals surface area contributed by atoms with E-state index in [4.69, 9.17) is 39.3 Å².